The van der Waals surface area contributed by atoms with Crippen molar-refractivity contribution in [2.45, 2.75) is 89.4 Å². The molecule has 2 aromatic carbocycles. The van der Waals surface area contributed by atoms with Gasteiger partial charge in [0.2, 0.25) is 11.6 Å². The largest absolute Gasteiger partial charge is 0.497 e. The van der Waals surface area contributed by atoms with Gasteiger partial charge in [0.05, 0.1) is 37.3 Å². The van der Waals surface area contributed by atoms with Gasteiger partial charge in [0.15, 0.2) is 0 Å². The second-order valence-corrected chi connectivity index (χ2v) is 16.9. The number of rotatable bonds is 12. The highest BCUT2D eigenvalue weighted by atomic mass is 16.5. The zero-order chi connectivity index (χ0) is 38.5. The molecule has 8 heterocycles. The molecule has 0 radical (unpaired) electrons. The standard InChI is InChI=1S/C46H56N6O4/c1-5-27-25-51-19-15-29(27)21-40(51)43(33-13-17-47-37-9-7-31(55-3)23-35(33)37)49-39-11-12-42(53)46(54)45(39)50-44(41-22-30-16-20-52(41)26-28(30)6-2)34-14-18-48-38-10-8-32(56-4)24-36(34)38/h7-10,13-14,17-18,23-24,27-30,40-41,43-44,49-50H,5-6,11-12,15-16,19-22,25-26H2,1-4H3. The molecule has 4 bridgehead atoms. The summed E-state index contributed by atoms with van der Waals surface area (Å²) >= 11 is 0. The van der Waals surface area contributed by atoms with E-state index in [4.69, 9.17) is 19.4 Å². The monoisotopic (exact) mass is 756 g/mol. The number of benzene rings is 2. The number of fused-ring (bicyclic) bond motifs is 8. The molecule has 6 aliphatic heterocycles. The fourth-order valence-electron chi connectivity index (χ4n) is 11.2. The normalized spacial score (nSPS) is 29.8. The number of piperidine rings is 6. The average molecular weight is 757 g/mol. The van der Waals surface area contributed by atoms with Gasteiger partial charge in [-0.05, 0) is 129 Å². The maximum absolute atomic E-state index is 14.4. The van der Waals surface area contributed by atoms with Gasteiger partial charge >= 0.3 is 0 Å². The van der Waals surface area contributed by atoms with Gasteiger partial charge in [-0.3, -0.25) is 29.4 Å². The van der Waals surface area contributed by atoms with E-state index in [-0.39, 0.29) is 36.4 Å². The SMILES string of the molecule is CCC1CN2CCC1CC2C(NC1=C(NC(c2ccnc3ccc(OC)cc23)C2CC3CCN2CC3CC)C(=O)C(=O)CC1)c1ccnc2ccc(OC)cc12. The number of ketones is 2. The van der Waals surface area contributed by atoms with Crippen molar-refractivity contribution >= 4 is 33.4 Å². The van der Waals surface area contributed by atoms with Crippen molar-refractivity contribution in [2.75, 3.05) is 40.4 Å². The van der Waals surface area contributed by atoms with Crippen LogP contribution in [0.2, 0.25) is 0 Å². The first-order valence-corrected chi connectivity index (χ1v) is 21.0. The van der Waals surface area contributed by atoms with Crippen molar-refractivity contribution in [1.29, 1.82) is 0 Å². The van der Waals surface area contributed by atoms with Crippen LogP contribution in [0.1, 0.15) is 88.4 Å². The third-order valence-corrected chi connectivity index (χ3v) is 14.3. The Morgan fingerprint density at radius 1 is 0.714 bits per heavy atom. The molecule has 294 valence electrons. The summed E-state index contributed by atoms with van der Waals surface area (Å²) in [7, 11) is 3.39. The number of hydrogen-bond donors (Lipinski definition) is 2. The maximum atomic E-state index is 14.4. The number of ether oxygens (including phenoxy) is 2. The van der Waals surface area contributed by atoms with Crippen molar-refractivity contribution in [3.05, 3.63) is 83.4 Å². The molecule has 56 heavy (non-hydrogen) atoms. The van der Waals surface area contributed by atoms with Gasteiger partial charge in [0, 0.05) is 60.5 Å². The lowest BCUT2D eigenvalue weighted by Gasteiger charge is -2.53. The number of aromatic nitrogens is 2. The number of carbonyl (C=O) groups excluding carboxylic acids is 2. The molecule has 4 aromatic rings. The van der Waals surface area contributed by atoms with Gasteiger partial charge in [-0.15, -0.1) is 0 Å². The molecule has 6 saturated heterocycles. The molecule has 1 aliphatic carbocycles. The summed E-state index contributed by atoms with van der Waals surface area (Å²) in [6.07, 6.45) is 11.3. The van der Waals surface area contributed by atoms with Crippen molar-refractivity contribution in [1.82, 2.24) is 30.4 Å². The van der Waals surface area contributed by atoms with E-state index in [2.05, 4.69) is 58.5 Å². The van der Waals surface area contributed by atoms with Crippen LogP contribution in [0.4, 0.5) is 0 Å². The predicted molar refractivity (Wildman–Crippen MR) is 218 cm³/mol. The molecule has 10 nitrogen and oxygen atoms in total. The number of nitrogens with zero attached hydrogens (tertiary/aromatic N) is 4. The van der Waals surface area contributed by atoms with Crippen LogP contribution in [0.5, 0.6) is 11.5 Å². The van der Waals surface area contributed by atoms with E-state index in [0.717, 1.165) is 89.1 Å². The molecule has 7 aliphatic rings. The van der Waals surface area contributed by atoms with Gasteiger partial charge in [-0.1, -0.05) is 26.7 Å². The van der Waals surface area contributed by atoms with Gasteiger partial charge in [-0.2, -0.15) is 0 Å². The van der Waals surface area contributed by atoms with Gasteiger partial charge in [-0.25, -0.2) is 0 Å². The van der Waals surface area contributed by atoms with E-state index in [1.807, 2.05) is 36.7 Å². The summed E-state index contributed by atoms with van der Waals surface area (Å²) in [4.78, 5) is 42.7. The smallest absolute Gasteiger partial charge is 0.246 e. The minimum atomic E-state index is -0.432. The Hall–Kier alpha value is -4.54. The van der Waals surface area contributed by atoms with Crippen LogP contribution in [0.3, 0.4) is 0 Å². The molecule has 0 saturated carbocycles. The summed E-state index contributed by atoms with van der Waals surface area (Å²) in [5.41, 5.74) is 5.24. The molecule has 0 amide bonds. The lowest BCUT2D eigenvalue weighted by molar-refractivity contribution is -0.135. The van der Waals surface area contributed by atoms with Crippen LogP contribution in [0, 0.1) is 23.7 Å². The zero-order valence-electron chi connectivity index (χ0n) is 33.3. The van der Waals surface area contributed by atoms with E-state index in [0.29, 0.717) is 35.8 Å². The van der Waals surface area contributed by atoms with Gasteiger partial charge < -0.3 is 20.1 Å². The van der Waals surface area contributed by atoms with E-state index in [9.17, 15) is 9.59 Å². The summed E-state index contributed by atoms with van der Waals surface area (Å²) in [6, 6.07) is 16.3. The fraction of sp³-hybridized carbons (Fsp3) is 0.522. The Labute approximate surface area is 330 Å². The van der Waals surface area contributed by atoms with Crippen molar-refractivity contribution in [3.63, 3.8) is 0 Å². The highest BCUT2D eigenvalue weighted by Crippen LogP contribution is 2.46. The molecule has 2 aromatic heterocycles. The number of pyridine rings is 2. The lowest BCUT2D eigenvalue weighted by Crippen LogP contribution is -2.58. The molecule has 10 atom stereocenters. The number of allylic oxidation sites excluding steroid dienone is 2. The van der Waals surface area contributed by atoms with Crippen LogP contribution < -0.4 is 20.1 Å². The minimum absolute atomic E-state index is 0.134. The summed E-state index contributed by atoms with van der Waals surface area (Å²) in [5, 5.41) is 9.96. The molecule has 2 N–H and O–H groups in total. The molecule has 11 rings (SSSR count). The number of carbonyl (C=O) groups is 2. The quantitative estimate of drug-likeness (QED) is 0.145. The third kappa shape index (κ3) is 6.62. The van der Waals surface area contributed by atoms with Crippen LogP contribution in [0.25, 0.3) is 21.8 Å². The number of nitrogens with one attached hydrogen (secondary N) is 2. The second-order valence-electron chi connectivity index (χ2n) is 16.9. The molecule has 0 spiro atoms. The van der Waals surface area contributed by atoms with Crippen molar-refractivity contribution < 1.29 is 19.1 Å². The lowest BCUT2D eigenvalue weighted by atomic mass is 9.71. The molecule has 6 fully saturated rings. The Morgan fingerprint density at radius 3 is 1.70 bits per heavy atom. The average Bonchev–Trinajstić information content (AvgIpc) is 3.26. The van der Waals surface area contributed by atoms with Crippen molar-refractivity contribution in [2.24, 2.45) is 23.7 Å². The van der Waals surface area contributed by atoms with Gasteiger partial charge in [0.25, 0.3) is 0 Å². The topological polar surface area (TPSA) is 109 Å². The summed E-state index contributed by atoms with van der Waals surface area (Å²) in [6.45, 7) is 8.86. The molecule has 10 unspecified atom stereocenters. The van der Waals surface area contributed by atoms with E-state index in [1.54, 1.807) is 14.2 Å². The second kappa shape index (κ2) is 15.4. The maximum Gasteiger partial charge on any atom is 0.246 e. The Kier molecular flexibility index (Phi) is 10.2. The highest BCUT2D eigenvalue weighted by molar-refractivity contribution is 6.44. The van der Waals surface area contributed by atoms with E-state index in [1.165, 1.54) is 25.7 Å². The summed E-state index contributed by atoms with van der Waals surface area (Å²) < 4.78 is 11.4. The van der Waals surface area contributed by atoms with Gasteiger partial charge in [0.1, 0.15) is 17.2 Å². The van der Waals surface area contributed by atoms with Crippen LogP contribution in [-0.2, 0) is 9.59 Å². The summed E-state index contributed by atoms with van der Waals surface area (Å²) in [5.74, 6) is 3.44. The number of methoxy groups -OCH3 is 2. The Bertz CT molecular complexity index is 2170. The number of Topliss-reactive ketones (excluding diaryl/α,β-unsaturated/α-hetero) is 2. The first-order chi connectivity index (χ1) is 27.4. The van der Waals surface area contributed by atoms with Crippen LogP contribution in [-0.4, -0.2) is 83.8 Å². The first kappa shape index (κ1) is 37.1. The van der Waals surface area contributed by atoms with Crippen LogP contribution in [0.15, 0.2) is 72.3 Å². The highest BCUT2D eigenvalue weighted by Gasteiger charge is 2.46. The molecular formula is C46H56N6O4. The van der Waals surface area contributed by atoms with E-state index >= 15 is 0 Å². The molecular weight excluding hydrogens is 701 g/mol. The fourth-order valence-corrected chi connectivity index (χ4v) is 11.2. The Morgan fingerprint density at radius 2 is 1.23 bits per heavy atom. The van der Waals surface area contributed by atoms with Crippen LogP contribution >= 0.6 is 0 Å². The van der Waals surface area contributed by atoms with E-state index < -0.39 is 5.78 Å². The molecule has 10 heteroatoms. The zero-order valence-corrected chi connectivity index (χ0v) is 33.3. The van der Waals surface area contributed by atoms with Crippen molar-refractivity contribution in [3.8, 4) is 11.5 Å². The number of hydrogen-bond acceptors (Lipinski definition) is 10. The minimum Gasteiger partial charge on any atom is -0.497 e. The predicted octanol–water partition coefficient (Wildman–Crippen LogP) is 7.15. The third-order valence-electron chi connectivity index (χ3n) is 14.3. The first-order valence-electron chi connectivity index (χ1n) is 21.0. The Balaban J connectivity index is 1.17.